The summed E-state index contributed by atoms with van der Waals surface area (Å²) in [6.45, 7) is -2.94. The molecule has 0 aliphatic heterocycles. The smallest absolute Gasteiger partial charge is 0.387 e. The summed E-state index contributed by atoms with van der Waals surface area (Å²) < 4.78 is 45.3. The number of hydrogen-bond acceptors (Lipinski definition) is 6. The number of rotatable bonds is 8. The molecule has 3 aromatic rings. The average molecular weight is 430 g/mol. The molecule has 4 rings (SSSR count). The average Bonchev–Trinajstić information content (AvgIpc) is 3.43. The molecular formula is C22H20F2N2O5. The van der Waals surface area contributed by atoms with Crippen LogP contribution in [0.5, 0.6) is 17.2 Å². The Morgan fingerprint density at radius 3 is 2.55 bits per heavy atom. The largest absolute Gasteiger partial charge is 0.493 e. The second kappa shape index (κ2) is 8.25. The van der Waals surface area contributed by atoms with Gasteiger partial charge in [-0.3, -0.25) is 4.79 Å². The Balaban J connectivity index is 1.53. The van der Waals surface area contributed by atoms with Crippen LogP contribution in [0.1, 0.15) is 18.5 Å². The monoisotopic (exact) mass is 430 g/mol. The van der Waals surface area contributed by atoms with Gasteiger partial charge in [0.05, 0.1) is 25.3 Å². The number of hydrogen-bond donors (Lipinski definition) is 1. The summed E-state index contributed by atoms with van der Waals surface area (Å²) in [4.78, 5) is 12.9. The summed E-state index contributed by atoms with van der Waals surface area (Å²) in [5.74, 6) is 1.30. The van der Waals surface area contributed by atoms with Crippen LogP contribution in [0.15, 0.2) is 53.1 Å². The first-order valence-corrected chi connectivity index (χ1v) is 9.51. The molecule has 1 aliphatic rings. The quantitative estimate of drug-likeness (QED) is 0.561. The molecule has 1 aromatic heterocycles. The number of methoxy groups -OCH3 is 2. The van der Waals surface area contributed by atoms with E-state index in [4.69, 9.17) is 14.0 Å². The van der Waals surface area contributed by atoms with Gasteiger partial charge in [0.2, 0.25) is 5.91 Å². The van der Waals surface area contributed by atoms with Gasteiger partial charge in [0.15, 0.2) is 17.3 Å². The number of amides is 1. The molecule has 0 radical (unpaired) electrons. The summed E-state index contributed by atoms with van der Waals surface area (Å²) in [6, 6.07) is 12.9. The van der Waals surface area contributed by atoms with Gasteiger partial charge in [-0.25, -0.2) is 0 Å². The molecule has 2 aromatic carbocycles. The number of alkyl halides is 2. The molecule has 0 spiro atoms. The zero-order chi connectivity index (χ0) is 22.0. The second-order valence-corrected chi connectivity index (χ2v) is 7.09. The molecule has 162 valence electrons. The molecular weight excluding hydrogens is 410 g/mol. The van der Waals surface area contributed by atoms with E-state index in [-0.39, 0.29) is 11.7 Å². The highest BCUT2D eigenvalue weighted by molar-refractivity contribution is 6.01. The van der Waals surface area contributed by atoms with Gasteiger partial charge >= 0.3 is 6.61 Å². The predicted octanol–water partition coefficient (Wildman–Crippen LogP) is 4.63. The van der Waals surface area contributed by atoms with Gasteiger partial charge < -0.3 is 24.1 Å². The zero-order valence-electron chi connectivity index (χ0n) is 16.9. The normalized spacial score (nSPS) is 14.2. The van der Waals surface area contributed by atoms with Crippen LogP contribution in [-0.2, 0) is 10.2 Å². The number of carbonyl (C=O) groups excluding carboxylic acids is 1. The third kappa shape index (κ3) is 4.16. The minimum Gasteiger partial charge on any atom is -0.493 e. The molecule has 0 atom stereocenters. The lowest BCUT2D eigenvalue weighted by atomic mass is 10.00. The van der Waals surface area contributed by atoms with Crippen LogP contribution in [0.25, 0.3) is 11.3 Å². The van der Waals surface area contributed by atoms with Gasteiger partial charge in [-0.15, -0.1) is 0 Å². The first-order valence-electron chi connectivity index (χ1n) is 9.51. The number of nitrogens with zero attached hydrogens (tertiary/aromatic N) is 1. The Morgan fingerprint density at radius 1 is 1.10 bits per heavy atom. The van der Waals surface area contributed by atoms with E-state index in [0.29, 0.717) is 41.5 Å². The van der Waals surface area contributed by atoms with Crippen molar-refractivity contribution in [1.82, 2.24) is 5.16 Å². The summed E-state index contributed by atoms with van der Waals surface area (Å²) in [7, 11) is 3.09. The lowest BCUT2D eigenvalue weighted by molar-refractivity contribution is -0.118. The predicted molar refractivity (Wildman–Crippen MR) is 108 cm³/mol. The molecule has 1 N–H and O–H groups in total. The van der Waals surface area contributed by atoms with E-state index in [1.807, 2.05) is 0 Å². The van der Waals surface area contributed by atoms with Crippen LogP contribution in [0.4, 0.5) is 14.5 Å². The van der Waals surface area contributed by atoms with Crippen LogP contribution in [0.3, 0.4) is 0 Å². The topological polar surface area (TPSA) is 82.8 Å². The number of ether oxygens (including phenoxy) is 3. The van der Waals surface area contributed by atoms with Gasteiger partial charge in [0.25, 0.3) is 0 Å². The van der Waals surface area contributed by atoms with Crippen LogP contribution < -0.4 is 19.5 Å². The first-order chi connectivity index (χ1) is 14.9. The maximum absolute atomic E-state index is 12.9. The van der Waals surface area contributed by atoms with Gasteiger partial charge in [0, 0.05) is 23.4 Å². The van der Waals surface area contributed by atoms with E-state index in [1.165, 1.54) is 18.2 Å². The highest BCUT2D eigenvalue weighted by atomic mass is 19.3. The molecule has 9 heteroatoms. The maximum Gasteiger partial charge on any atom is 0.387 e. The number of anilines is 1. The Hall–Kier alpha value is -3.62. The molecule has 1 amide bonds. The lowest BCUT2D eigenvalue weighted by Crippen LogP contribution is -2.28. The summed E-state index contributed by atoms with van der Waals surface area (Å²) in [5, 5.41) is 6.87. The van der Waals surface area contributed by atoms with Crippen molar-refractivity contribution in [2.75, 3.05) is 19.5 Å². The molecule has 1 saturated carbocycles. The molecule has 0 bridgehead atoms. The van der Waals surface area contributed by atoms with Gasteiger partial charge in [-0.05, 0) is 43.2 Å². The summed E-state index contributed by atoms with van der Waals surface area (Å²) in [6.07, 6.45) is 1.20. The Labute approximate surface area is 176 Å². The Bertz CT molecular complexity index is 1100. The van der Waals surface area contributed by atoms with Crippen molar-refractivity contribution < 1.29 is 32.3 Å². The van der Waals surface area contributed by atoms with Crippen molar-refractivity contribution in [2.45, 2.75) is 24.9 Å². The fraction of sp³-hybridized carbons (Fsp3) is 0.273. The van der Waals surface area contributed by atoms with E-state index in [1.54, 1.807) is 44.6 Å². The SMILES string of the molecule is COc1ccc(-c2cc(C3(C(=O)Nc4cccc(OC(F)F)c4)CC3)no2)cc1OC. The summed E-state index contributed by atoms with van der Waals surface area (Å²) >= 11 is 0. The number of halogens is 2. The molecule has 7 nitrogen and oxygen atoms in total. The fourth-order valence-corrected chi connectivity index (χ4v) is 3.35. The van der Waals surface area contributed by atoms with Crippen molar-refractivity contribution in [1.29, 1.82) is 0 Å². The van der Waals surface area contributed by atoms with Crippen LogP contribution in [-0.4, -0.2) is 31.9 Å². The van der Waals surface area contributed by atoms with Crippen LogP contribution in [0, 0.1) is 0 Å². The minimum absolute atomic E-state index is 0.0326. The first kappa shape index (κ1) is 20.6. The number of benzene rings is 2. The van der Waals surface area contributed by atoms with E-state index in [2.05, 4.69) is 15.2 Å². The summed E-state index contributed by atoms with van der Waals surface area (Å²) in [5.41, 5.74) is 0.773. The number of nitrogens with one attached hydrogen (secondary N) is 1. The third-order valence-corrected chi connectivity index (χ3v) is 5.17. The molecule has 1 fully saturated rings. The number of aromatic nitrogens is 1. The van der Waals surface area contributed by atoms with Gasteiger partial charge in [-0.1, -0.05) is 11.2 Å². The number of carbonyl (C=O) groups is 1. The van der Waals surface area contributed by atoms with Crippen LogP contribution in [0.2, 0.25) is 0 Å². The lowest BCUT2D eigenvalue weighted by Gasteiger charge is -2.13. The van der Waals surface area contributed by atoms with E-state index in [9.17, 15) is 13.6 Å². The molecule has 0 saturated heterocycles. The minimum atomic E-state index is -2.94. The van der Waals surface area contributed by atoms with E-state index < -0.39 is 12.0 Å². The molecule has 31 heavy (non-hydrogen) atoms. The second-order valence-electron chi connectivity index (χ2n) is 7.09. The highest BCUT2D eigenvalue weighted by Crippen LogP contribution is 2.49. The standard InChI is InChI=1S/C22H20F2N2O5/c1-28-16-7-6-13(10-18(16)29-2)17-12-19(26-31-17)22(8-9-22)20(27)25-14-4-3-5-15(11-14)30-21(23)24/h3-7,10-12,21H,8-9H2,1-2H3,(H,25,27). The Morgan fingerprint density at radius 2 is 1.87 bits per heavy atom. The molecule has 1 heterocycles. The fourth-order valence-electron chi connectivity index (χ4n) is 3.35. The molecule has 1 aliphatic carbocycles. The van der Waals surface area contributed by atoms with Crippen molar-refractivity contribution in [2.24, 2.45) is 0 Å². The van der Waals surface area contributed by atoms with Crippen molar-refractivity contribution in [3.05, 3.63) is 54.2 Å². The van der Waals surface area contributed by atoms with Crippen LogP contribution >= 0.6 is 0 Å². The Kier molecular flexibility index (Phi) is 5.50. The van der Waals surface area contributed by atoms with Crippen molar-refractivity contribution in [3.63, 3.8) is 0 Å². The third-order valence-electron chi connectivity index (χ3n) is 5.17. The zero-order valence-corrected chi connectivity index (χ0v) is 16.9. The van der Waals surface area contributed by atoms with Gasteiger partial charge in [-0.2, -0.15) is 8.78 Å². The van der Waals surface area contributed by atoms with Crippen molar-refractivity contribution >= 4 is 11.6 Å². The maximum atomic E-state index is 12.9. The van der Waals surface area contributed by atoms with Gasteiger partial charge in [0.1, 0.15) is 5.75 Å². The highest BCUT2D eigenvalue weighted by Gasteiger charge is 2.53. The van der Waals surface area contributed by atoms with E-state index >= 15 is 0 Å². The van der Waals surface area contributed by atoms with E-state index in [0.717, 1.165) is 5.56 Å². The van der Waals surface area contributed by atoms with Crippen molar-refractivity contribution in [3.8, 4) is 28.6 Å². The molecule has 0 unspecified atom stereocenters.